The van der Waals surface area contributed by atoms with Crippen molar-refractivity contribution in [2.75, 3.05) is 24.9 Å². The fourth-order valence-electron chi connectivity index (χ4n) is 2.40. The van der Waals surface area contributed by atoms with Crippen LogP contribution < -0.4 is 20.1 Å². The van der Waals surface area contributed by atoms with Crippen molar-refractivity contribution in [1.82, 2.24) is 10.1 Å². The van der Waals surface area contributed by atoms with E-state index in [1.807, 2.05) is 19.1 Å². The van der Waals surface area contributed by atoms with Crippen LogP contribution in [0.4, 0.5) is 16.2 Å². The van der Waals surface area contributed by atoms with Gasteiger partial charge in [0.15, 0.2) is 0 Å². The number of anilines is 2. The average molecular weight is 368 g/mol. The predicted molar refractivity (Wildman–Crippen MR) is 101 cm³/mol. The van der Waals surface area contributed by atoms with Crippen LogP contribution in [0.25, 0.3) is 11.4 Å². The van der Waals surface area contributed by atoms with Gasteiger partial charge in [-0.2, -0.15) is 4.98 Å². The predicted octanol–water partition coefficient (Wildman–Crippen LogP) is 3.96. The topological polar surface area (TPSA) is 98.5 Å². The van der Waals surface area contributed by atoms with E-state index in [4.69, 9.17) is 14.0 Å². The fraction of sp³-hybridized carbons (Fsp3) is 0.211. The number of hydrogen-bond acceptors (Lipinski definition) is 6. The summed E-state index contributed by atoms with van der Waals surface area (Å²) in [7, 11) is 3.09. The summed E-state index contributed by atoms with van der Waals surface area (Å²) in [5, 5.41) is 9.44. The van der Waals surface area contributed by atoms with Gasteiger partial charge in [-0.1, -0.05) is 12.1 Å². The number of aryl methyl sites for hydroxylation is 1. The summed E-state index contributed by atoms with van der Waals surface area (Å²) in [6.45, 7) is 1.95. The Kier molecular flexibility index (Phi) is 5.55. The Hall–Kier alpha value is -3.55. The molecule has 2 N–H and O–H groups in total. The highest BCUT2D eigenvalue weighted by Crippen LogP contribution is 2.29. The van der Waals surface area contributed by atoms with Crippen LogP contribution in [-0.2, 0) is 6.42 Å². The lowest BCUT2D eigenvalue weighted by Crippen LogP contribution is -2.19. The number of urea groups is 1. The molecule has 1 heterocycles. The summed E-state index contributed by atoms with van der Waals surface area (Å²) in [5.41, 5.74) is 1.97. The minimum atomic E-state index is -0.390. The molecule has 2 amide bonds. The third kappa shape index (κ3) is 4.35. The highest BCUT2D eigenvalue weighted by atomic mass is 16.5. The third-order valence-corrected chi connectivity index (χ3v) is 3.83. The van der Waals surface area contributed by atoms with Crippen molar-refractivity contribution in [2.24, 2.45) is 0 Å². The molecule has 3 aromatic rings. The van der Waals surface area contributed by atoms with E-state index < -0.39 is 0 Å². The Bertz CT molecular complexity index is 922. The molecule has 0 aliphatic rings. The lowest BCUT2D eigenvalue weighted by molar-refractivity contribution is 0.262. The molecule has 1 aromatic heterocycles. The number of carbonyl (C=O) groups excluding carboxylic acids is 1. The van der Waals surface area contributed by atoms with Crippen molar-refractivity contribution < 1.29 is 18.8 Å². The molecule has 0 fully saturated rings. The third-order valence-electron chi connectivity index (χ3n) is 3.83. The number of nitrogens with zero attached hydrogens (tertiary/aromatic N) is 2. The van der Waals surface area contributed by atoms with Gasteiger partial charge in [0.05, 0.1) is 19.9 Å². The number of aromatic nitrogens is 2. The molecule has 0 radical (unpaired) electrons. The van der Waals surface area contributed by atoms with Crippen LogP contribution in [0.5, 0.6) is 11.5 Å². The van der Waals surface area contributed by atoms with Crippen LogP contribution in [0.2, 0.25) is 0 Å². The Balaban J connectivity index is 1.66. The molecule has 0 saturated carbocycles. The quantitative estimate of drug-likeness (QED) is 0.683. The highest BCUT2D eigenvalue weighted by molar-refractivity contribution is 6.00. The molecular weight excluding hydrogens is 348 g/mol. The van der Waals surface area contributed by atoms with Crippen LogP contribution in [0, 0.1) is 0 Å². The molecule has 8 heteroatoms. The number of hydrogen-bond donors (Lipinski definition) is 2. The molecule has 0 unspecified atom stereocenters. The van der Waals surface area contributed by atoms with E-state index in [0.717, 1.165) is 5.56 Å². The fourth-order valence-corrected chi connectivity index (χ4v) is 2.40. The van der Waals surface area contributed by atoms with Crippen LogP contribution in [0.3, 0.4) is 0 Å². The van der Waals surface area contributed by atoms with E-state index in [9.17, 15) is 4.79 Å². The van der Waals surface area contributed by atoms with Crippen molar-refractivity contribution >= 4 is 17.4 Å². The summed E-state index contributed by atoms with van der Waals surface area (Å²) in [4.78, 5) is 16.5. The first kappa shape index (κ1) is 18.2. The largest absolute Gasteiger partial charge is 0.497 e. The van der Waals surface area contributed by atoms with Gasteiger partial charge in [-0.25, -0.2) is 4.79 Å². The molecule has 2 aromatic carbocycles. The normalized spacial score (nSPS) is 10.3. The second-order valence-corrected chi connectivity index (χ2v) is 5.59. The van der Waals surface area contributed by atoms with E-state index in [2.05, 4.69) is 20.8 Å². The Labute approximate surface area is 156 Å². The number of carbonyl (C=O) groups is 1. The number of amides is 2. The summed E-state index contributed by atoms with van der Waals surface area (Å²) in [6.07, 6.45) is 0.682. The Morgan fingerprint density at radius 2 is 1.85 bits per heavy atom. The molecule has 0 spiro atoms. The van der Waals surface area contributed by atoms with Gasteiger partial charge in [-0.15, -0.1) is 0 Å². The maximum atomic E-state index is 12.3. The standard InChI is InChI=1S/C19H20N4O4/c1-4-17-22-18(23-27-17)12-5-7-13(8-6-12)20-19(24)21-15-10-9-14(25-2)11-16(15)26-3/h5-11H,4H2,1-3H3,(H2,20,21,24). The van der Waals surface area contributed by atoms with Crippen LogP contribution in [0.1, 0.15) is 12.8 Å². The summed E-state index contributed by atoms with van der Waals surface area (Å²) in [5.74, 6) is 2.25. The van der Waals surface area contributed by atoms with E-state index >= 15 is 0 Å². The van der Waals surface area contributed by atoms with Gasteiger partial charge in [0, 0.05) is 23.7 Å². The zero-order chi connectivity index (χ0) is 19.2. The molecule has 0 saturated heterocycles. The Morgan fingerprint density at radius 1 is 1.07 bits per heavy atom. The Morgan fingerprint density at radius 3 is 2.48 bits per heavy atom. The lowest BCUT2D eigenvalue weighted by atomic mass is 10.2. The summed E-state index contributed by atoms with van der Waals surface area (Å²) >= 11 is 0. The minimum absolute atomic E-state index is 0.390. The van der Waals surface area contributed by atoms with Crippen molar-refractivity contribution in [3.05, 3.63) is 48.4 Å². The zero-order valence-electron chi connectivity index (χ0n) is 15.3. The summed E-state index contributed by atoms with van der Waals surface area (Å²) in [6, 6.07) is 11.9. The van der Waals surface area contributed by atoms with E-state index in [0.29, 0.717) is 41.0 Å². The van der Waals surface area contributed by atoms with Crippen molar-refractivity contribution in [3.63, 3.8) is 0 Å². The molecular formula is C19H20N4O4. The molecule has 3 rings (SSSR count). The smallest absolute Gasteiger partial charge is 0.323 e. The van der Waals surface area contributed by atoms with Crippen molar-refractivity contribution in [2.45, 2.75) is 13.3 Å². The SMILES string of the molecule is CCc1nc(-c2ccc(NC(=O)Nc3ccc(OC)cc3OC)cc2)no1. The van der Waals surface area contributed by atoms with E-state index in [1.165, 1.54) is 7.11 Å². The lowest BCUT2D eigenvalue weighted by Gasteiger charge is -2.12. The molecule has 8 nitrogen and oxygen atoms in total. The first-order valence-corrected chi connectivity index (χ1v) is 8.36. The maximum Gasteiger partial charge on any atom is 0.323 e. The number of ether oxygens (including phenoxy) is 2. The van der Waals surface area contributed by atoms with Gasteiger partial charge in [-0.05, 0) is 36.4 Å². The second-order valence-electron chi connectivity index (χ2n) is 5.59. The van der Waals surface area contributed by atoms with Crippen LogP contribution in [-0.4, -0.2) is 30.4 Å². The van der Waals surface area contributed by atoms with Gasteiger partial charge in [0.2, 0.25) is 11.7 Å². The number of nitrogens with one attached hydrogen (secondary N) is 2. The average Bonchev–Trinajstić information content (AvgIpc) is 3.18. The maximum absolute atomic E-state index is 12.3. The summed E-state index contributed by atoms with van der Waals surface area (Å²) < 4.78 is 15.5. The van der Waals surface area contributed by atoms with E-state index in [1.54, 1.807) is 37.4 Å². The minimum Gasteiger partial charge on any atom is -0.497 e. The number of methoxy groups -OCH3 is 2. The van der Waals surface area contributed by atoms with Crippen LogP contribution in [0.15, 0.2) is 47.0 Å². The first-order chi connectivity index (χ1) is 13.1. The van der Waals surface area contributed by atoms with Gasteiger partial charge < -0.3 is 24.6 Å². The van der Waals surface area contributed by atoms with Crippen molar-refractivity contribution in [1.29, 1.82) is 0 Å². The van der Waals surface area contributed by atoms with Crippen LogP contribution >= 0.6 is 0 Å². The first-order valence-electron chi connectivity index (χ1n) is 8.36. The molecule has 0 atom stereocenters. The molecule has 27 heavy (non-hydrogen) atoms. The molecule has 0 bridgehead atoms. The molecule has 0 aliphatic carbocycles. The number of rotatable bonds is 6. The highest BCUT2D eigenvalue weighted by Gasteiger charge is 2.10. The van der Waals surface area contributed by atoms with Gasteiger partial charge in [0.1, 0.15) is 11.5 Å². The monoisotopic (exact) mass is 368 g/mol. The van der Waals surface area contributed by atoms with Gasteiger partial charge in [-0.3, -0.25) is 0 Å². The molecule has 140 valence electrons. The molecule has 0 aliphatic heterocycles. The van der Waals surface area contributed by atoms with Gasteiger partial charge in [0.25, 0.3) is 0 Å². The van der Waals surface area contributed by atoms with Gasteiger partial charge >= 0.3 is 6.03 Å². The zero-order valence-corrected chi connectivity index (χ0v) is 15.3. The number of benzene rings is 2. The van der Waals surface area contributed by atoms with Crippen molar-refractivity contribution in [3.8, 4) is 22.9 Å². The second kappa shape index (κ2) is 8.22. The van der Waals surface area contributed by atoms with E-state index in [-0.39, 0.29) is 6.03 Å².